The fourth-order valence-corrected chi connectivity index (χ4v) is 3.19. The first-order chi connectivity index (χ1) is 14.4. The van der Waals surface area contributed by atoms with Crippen molar-refractivity contribution in [3.8, 4) is 0 Å². The molecular formula is C21H25F2N4O3+. The van der Waals surface area contributed by atoms with Gasteiger partial charge in [-0.25, -0.2) is 8.78 Å². The number of likely N-dealkylation sites (N-methyl/N-ethyl adjacent to an activating group) is 1. The number of hydrogen-bond donors (Lipinski definition) is 3. The van der Waals surface area contributed by atoms with Crippen LogP contribution in [0.5, 0.6) is 0 Å². The third-order valence-electron chi connectivity index (χ3n) is 4.68. The van der Waals surface area contributed by atoms with Gasteiger partial charge in [0.1, 0.15) is 17.3 Å². The molecule has 0 spiro atoms. The predicted molar refractivity (Wildman–Crippen MR) is 110 cm³/mol. The maximum absolute atomic E-state index is 13.6. The molecule has 0 aliphatic carbocycles. The molecule has 1 saturated heterocycles. The van der Waals surface area contributed by atoms with Crippen molar-refractivity contribution < 1.29 is 28.0 Å². The summed E-state index contributed by atoms with van der Waals surface area (Å²) in [5.74, 6) is -2.55. The highest BCUT2D eigenvalue weighted by atomic mass is 19.1. The molecular weight excluding hydrogens is 394 g/mol. The van der Waals surface area contributed by atoms with Crippen molar-refractivity contribution in [1.82, 2.24) is 0 Å². The number of rotatable bonds is 7. The average molecular weight is 419 g/mol. The van der Waals surface area contributed by atoms with Crippen LogP contribution in [-0.2, 0) is 14.3 Å². The van der Waals surface area contributed by atoms with E-state index >= 15 is 0 Å². The van der Waals surface area contributed by atoms with Crippen LogP contribution in [0.3, 0.4) is 0 Å². The predicted octanol–water partition coefficient (Wildman–Crippen LogP) is 0.893. The lowest BCUT2D eigenvalue weighted by atomic mass is 10.2. The van der Waals surface area contributed by atoms with Gasteiger partial charge in [-0.05, 0) is 36.4 Å². The number of carbonyl (C=O) groups is 2. The Morgan fingerprint density at radius 1 is 0.967 bits per heavy atom. The van der Waals surface area contributed by atoms with Crippen LogP contribution in [0.1, 0.15) is 0 Å². The maximum atomic E-state index is 13.6. The van der Waals surface area contributed by atoms with Gasteiger partial charge in [-0.1, -0.05) is 6.07 Å². The Bertz CT molecular complexity index is 866. The second-order valence-electron chi connectivity index (χ2n) is 7.15. The molecule has 3 N–H and O–H groups in total. The van der Waals surface area contributed by atoms with Crippen LogP contribution in [0.15, 0.2) is 42.5 Å². The molecule has 9 heteroatoms. The molecule has 1 heterocycles. The highest BCUT2D eigenvalue weighted by Gasteiger charge is 2.18. The number of amides is 2. The molecule has 1 aliphatic rings. The number of quaternary nitrogens is 1. The van der Waals surface area contributed by atoms with Crippen molar-refractivity contribution in [2.45, 2.75) is 0 Å². The monoisotopic (exact) mass is 419 g/mol. The van der Waals surface area contributed by atoms with Crippen molar-refractivity contribution >= 4 is 28.9 Å². The third-order valence-corrected chi connectivity index (χ3v) is 4.68. The van der Waals surface area contributed by atoms with Gasteiger partial charge < -0.3 is 25.2 Å². The fourth-order valence-electron chi connectivity index (χ4n) is 3.19. The number of benzene rings is 2. The fraction of sp³-hybridized carbons (Fsp3) is 0.333. The Morgan fingerprint density at radius 2 is 1.53 bits per heavy atom. The van der Waals surface area contributed by atoms with Crippen molar-refractivity contribution in [3.63, 3.8) is 0 Å². The highest BCUT2D eigenvalue weighted by molar-refractivity contribution is 5.93. The minimum absolute atomic E-state index is 0.0262. The summed E-state index contributed by atoms with van der Waals surface area (Å²) >= 11 is 0. The summed E-state index contributed by atoms with van der Waals surface area (Å²) in [6.07, 6.45) is 0. The third kappa shape index (κ3) is 5.98. The van der Waals surface area contributed by atoms with E-state index in [9.17, 15) is 18.4 Å². The molecule has 0 aromatic heterocycles. The zero-order chi connectivity index (χ0) is 21.5. The number of nitrogens with zero attached hydrogens (tertiary/aromatic N) is 1. The van der Waals surface area contributed by atoms with E-state index in [2.05, 4.69) is 15.5 Å². The van der Waals surface area contributed by atoms with Crippen LogP contribution in [0.25, 0.3) is 0 Å². The van der Waals surface area contributed by atoms with Gasteiger partial charge in [0.05, 0.1) is 20.3 Å². The average Bonchev–Trinajstić information content (AvgIpc) is 2.72. The van der Waals surface area contributed by atoms with E-state index in [0.29, 0.717) is 23.8 Å². The van der Waals surface area contributed by atoms with Crippen molar-refractivity contribution in [1.29, 1.82) is 0 Å². The number of carbonyl (C=O) groups excluding carboxylic acids is 2. The smallest absolute Gasteiger partial charge is 0.279 e. The van der Waals surface area contributed by atoms with E-state index < -0.39 is 23.2 Å². The molecule has 1 aliphatic heterocycles. The van der Waals surface area contributed by atoms with Gasteiger partial charge in [0, 0.05) is 24.5 Å². The van der Waals surface area contributed by atoms with E-state index in [4.69, 9.17) is 4.74 Å². The first kappa shape index (κ1) is 21.7. The molecule has 160 valence electrons. The summed E-state index contributed by atoms with van der Waals surface area (Å²) < 4.78 is 32.6. The van der Waals surface area contributed by atoms with Crippen molar-refractivity contribution in [2.75, 3.05) is 62.0 Å². The Morgan fingerprint density at radius 3 is 2.13 bits per heavy atom. The Kier molecular flexibility index (Phi) is 7.31. The summed E-state index contributed by atoms with van der Waals surface area (Å²) in [6.45, 7) is 2.97. The van der Waals surface area contributed by atoms with Crippen LogP contribution in [-0.4, -0.2) is 58.3 Å². The van der Waals surface area contributed by atoms with Crippen LogP contribution < -0.4 is 20.4 Å². The lowest BCUT2D eigenvalue weighted by molar-refractivity contribution is -0.862. The summed E-state index contributed by atoms with van der Waals surface area (Å²) in [7, 11) is 1.65. The van der Waals surface area contributed by atoms with Gasteiger partial charge in [0.15, 0.2) is 13.1 Å². The zero-order valence-electron chi connectivity index (χ0n) is 16.7. The van der Waals surface area contributed by atoms with Crippen LogP contribution in [0.4, 0.5) is 25.8 Å². The minimum Gasteiger partial charge on any atom is -0.378 e. The molecule has 1 atom stereocenters. The quantitative estimate of drug-likeness (QED) is 0.623. The first-order valence-corrected chi connectivity index (χ1v) is 9.70. The second-order valence-corrected chi connectivity index (χ2v) is 7.15. The SMILES string of the molecule is C[NH+](CC(=O)Nc1ccc(N2CCOCC2)cc1)CC(=O)Nc1c(F)cccc1F. The van der Waals surface area contributed by atoms with Gasteiger partial charge in [-0.15, -0.1) is 0 Å². The van der Waals surface area contributed by atoms with E-state index in [0.717, 1.165) is 30.9 Å². The van der Waals surface area contributed by atoms with Crippen LogP contribution in [0.2, 0.25) is 0 Å². The number of anilines is 3. The first-order valence-electron chi connectivity index (χ1n) is 9.70. The number of para-hydroxylation sites is 1. The van der Waals surface area contributed by atoms with Gasteiger partial charge in [0.2, 0.25) is 0 Å². The number of hydrogen-bond acceptors (Lipinski definition) is 4. The Balaban J connectivity index is 1.46. The minimum atomic E-state index is -0.848. The molecule has 7 nitrogen and oxygen atoms in total. The van der Waals surface area contributed by atoms with Crippen LogP contribution in [0, 0.1) is 11.6 Å². The van der Waals surface area contributed by atoms with Gasteiger partial charge >= 0.3 is 0 Å². The molecule has 0 radical (unpaired) electrons. The number of ether oxygens (including phenoxy) is 1. The van der Waals surface area contributed by atoms with E-state index in [-0.39, 0.29) is 19.0 Å². The van der Waals surface area contributed by atoms with Gasteiger partial charge in [-0.2, -0.15) is 0 Å². The summed E-state index contributed by atoms with van der Waals surface area (Å²) in [5.41, 5.74) is 1.24. The highest BCUT2D eigenvalue weighted by Crippen LogP contribution is 2.19. The molecule has 2 amide bonds. The summed E-state index contributed by atoms with van der Waals surface area (Å²) in [6, 6.07) is 10.9. The number of nitrogens with one attached hydrogen (secondary N) is 3. The molecule has 3 rings (SSSR count). The summed E-state index contributed by atoms with van der Waals surface area (Å²) in [5, 5.41) is 5.00. The van der Waals surface area contributed by atoms with Crippen LogP contribution >= 0.6 is 0 Å². The van der Waals surface area contributed by atoms with Gasteiger partial charge in [-0.3, -0.25) is 9.59 Å². The lowest BCUT2D eigenvalue weighted by Crippen LogP contribution is -3.11. The zero-order valence-corrected chi connectivity index (χ0v) is 16.7. The lowest BCUT2D eigenvalue weighted by Gasteiger charge is -2.28. The molecule has 2 aromatic carbocycles. The number of halogens is 2. The molecule has 0 saturated carbocycles. The topological polar surface area (TPSA) is 75.1 Å². The Labute approximate surface area is 173 Å². The summed E-state index contributed by atoms with van der Waals surface area (Å²) in [4.78, 5) is 27.1. The molecule has 1 unspecified atom stereocenters. The van der Waals surface area contributed by atoms with E-state index in [1.165, 1.54) is 6.07 Å². The number of morpholine rings is 1. The standard InChI is InChI=1S/C21H24F2N4O3/c1-26(14-20(29)25-21-17(22)3-2-4-18(21)23)13-19(28)24-15-5-7-16(8-6-15)27-9-11-30-12-10-27/h2-8H,9-14H2,1H3,(H,24,28)(H,25,29)/p+1. The van der Waals surface area contributed by atoms with Crippen molar-refractivity contribution in [3.05, 3.63) is 54.1 Å². The molecule has 1 fully saturated rings. The largest absolute Gasteiger partial charge is 0.378 e. The van der Waals surface area contributed by atoms with Crippen molar-refractivity contribution in [2.24, 2.45) is 0 Å². The maximum Gasteiger partial charge on any atom is 0.279 e. The Hall–Kier alpha value is -3.04. The molecule has 0 bridgehead atoms. The van der Waals surface area contributed by atoms with E-state index in [1.807, 2.05) is 24.3 Å². The normalized spacial score (nSPS) is 14.8. The second kappa shape index (κ2) is 10.1. The van der Waals surface area contributed by atoms with E-state index in [1.54, 1.807) is 7.05 Å². The molecule has 30 heavy (non-hydrogen) atoms. The molecule has 2 aromatic rings. The van der Waals surface area contributed by atoms with Gasteiger partial charge in [0.25, 0.3) is 11.8 Å².